The standard InChI is InChI=1S/C16H11F7O4/c1-4-5-2-6(13(4)26-7(24)3-5)15(25)27-14-11(19)9(17)8(16(21,22)23)10(18)12(14)20/h4-6,13H,2-3H2,1H3. The van der Waals surface area contributed by atoms with Gasteiger partial charge in [-0.3, -0.25) is 9.59 Å². The van der Waals surface area contributed by atoms with E-state index in [4.69, 9.17) is 4.74 Å². The summed E-state index contributed by atoms with van der Waals surface area (Å²) in [6, 6.07) is 0. The van der Waals surface area contributed by atoms with Crippen LogP contribution in [0.1, 0.15) is 25.3 Å². The van der Waals surface area contributed by atoms with Crippen molar-refractivity contribution in [3.8, 4) is 5.75 Å². The molecule has 3 rings (SSSR count). The van der Waals surface area contributed by atoms with Crippen LogP contribution in [0.5, 0.6) is 5.75 Å². The van der Waals surface area contributed by atoms with Gasteiger partial charge in [-0.05, 0) is 18.3 Å². The fourth-order valence-electron chi connectivity index (χ4n) is 3.54. The van der Waals surface area contributed by atoms with Gasteiger partial charge in [-0.2, -0.15) is 22.0 Å². The Balaban J connectivity index is 1.93. The maximum Gasteiger partial charge on any atom is 0.422 e. The summed E-state index contributed by atoms with van der Waals surface area (Å²) in [5.74, 6) is -16.0. The summed E-state index contributed by atoms with van der Waals surface area (Å²) in [6.07, 6.45) is -6.58. The molecule has 0 aromatic heterocycles. The Labute approximate surface area is 147 Å². The second-order valence-electron chi connectivity index (χ2n) is 6.50. The molecule has 0 spiro atoms. The molecule has 1 heterocycles. The lowest BCUT2D eigenvalue weighted by Crippen LogP contribution is -2.36. The highest BCUT2D eigenvalue weighted by molar-refractivity contribution is 5.79. The first-order chi connectivity index (χ1) is 12.4. The molecule has 1 aromatic rings. The number of hydrogen-bond donors (Lipinski definition) is 0. The number of rotatable bonds is 2. The van der Waals surface area contributed by atoms with Crippen molar-refractivity contribution in [2.24, 2.45) is 17.8 Å². The SMILES string of the molecule is CC1C2CC(=O)OC1C(C(=O)Oc1c(F)c(F)c(C(F)(F)F)c(F)c1F)C2. The summed E-state index contributed by atoms with van der Waals surface area (Å²) in [5, 5.41) is 0. The first-order valence-electron chi connectivity index (χ1n) is 7.77. The van der Waals surface area contributed by atoms with Crippen molar-refractivity contribution in [2.75, 3.05) is 0 Å². The van der Waals surface area contributed by atoms with Crippen LogP contribution in [0.25, 0.3) is 0 Å². The molecule has 1 saturated heterocycles. The van der Waals surface area contributed by atoms with Crippen molar-refractivity contribution >= 4 is 11.9 Å². The van der Waals surface area contributed by atoms with E-state index < -0.39 is 64.7 Å². The minimum atomic E-state index is -5.70. The molecular weight excluding hydrogens is 389 g/mol. The topological polar surface area (TPSA) is 52.6 Å². The summed E-state index contributed by atoms with van der Waals surface area (Å²) in [5.41, 5.74) is -2.77. The largest absolute Gasteiger partial charge is 0.461 e. The monoisotopic (exact) mass is 400 g/mol. The lowest BCUT2D eigenvalue weighted by Gasteiger charge is -2.27. The lowest BCUT2D eigenvalue weighted by molar-refractivity contribution is -0.162. The molecule has 1 aliphatic carbocycles. The van der Waals surface area contributed by atoms with Crippen LogP contribution in [0, 0.1) is 41.0 Å². The third kappa shape index (κ3) is 3.12. The zero-order valence-electron chi connectivity index (χ0n) is 13.5. The minimum absolute atomic E-state index is 0.0215. The molecule has 27 heavy (non-hydrogen) atoms. The van der Waals surface area contributed by atoms with Crippen LogP contribution < -0.4 is 4.74 Å². The van der Waals surface area contributed by atoms with E-state index >= 15 is 0 Å². The number of ether oxygens (including phenoxy) is 2. The number of carbonyl (C=O) groups is 2. The molecule has 11 heteroatoms. The van der Waals surface area contributed by atoms with Crippen molar-refractivity contribution in [3.63, 3.8) is 0 Å². The maximum atomic E-state index is 13.8. The van der Waals surface area contributed by atoms with Crippen LogP contribution in [-0.4, -0.2) is 18.0 Å². The first kappa shape index (κ1) is 19.4. The van der Waals surface area contributed by atoms with E-state index in [-0.39, 0.29) is 24.7 Å². The number of halogens is 7. The Morgan fingerprint density at radius 2 is 1.63 bits per heavy atom. The number of hydrogen-bond acceptors (Lipinski definition) is 4. The molecule has 0 radical (unpaired) electrons. The Bertz CT molecular complexity index is 791. The van der Waals surface area contributed by atoms with E-state index in [0.29, 0.717) is 0 Å². The van der Waals surface area contributed by atoms with Gasteiger partial charge in [0.05, 0.1) is 5.92 Å². The minimum Gasteiger partial charge on any atom is -0.461 e. The molecule has 4 nitrogen and oxygen atoms in total. The van der Waals surface area contributed by atoms with Crippen molar-refractivity contribution in [1.82, 2.24) is 0 Å². The van der Waals surface area contributed by atoms with Crippen LogP contribution >= 0.6 is 0 Å². The van der Waals surface area contributed by atoms with E-state index in [2.05, 4.69) is 4.74 Å². The highest BCUT2D eigenvalue weighted by Gasteiger charge is 2.52. The summed E-state index contributed by atoms with van der Waals surface area (Å²) in [7, 11) is 0. The summed E-state index contributed by atoms with van der Waals surface area (Å²) in [4.78, 5) is 23.6. The van der Waals surface area contributed by atoms with E-state index in [1.807, 2.05) is 0 Å². The number of benzene rings is 1. The number of fused-ring (bicyclic) bond motifs is 2. The third-order valence-corrected chi connectivity index (χ3v) is 4.92. The summed E-state index contributed by atoms with van der Waals surface area (Å²) < 4.78 is 102. The molecule has 1 aromatic carbocycles. The number of alkyl halides is 3. The van der Waals surface area contributed by atoms with E-state index in [9.17, 15) is 40.3 Å². The summed E-state index contributed by atoms with van der Waals surface area (Å²) in [6.45, 7) is 1.67. The van der Waals surface area contributed by atoms with Gasteiger partial charge < -0.3 is 9.47 Å². The second-order valence-corrected chi connectivity index (χ2v) is 6.50. The van der Waals surface area contributed by atoms with Gasteiger partial charge in [-0.25, -0.2) is 8.78 Å². The highest BCUT2D eigenvalue weighted by Crippen LogP contribution is 2.45. The number of esters is 2. The molecule has 2 bridgehead atoms. The van der Waals surface area contributed by atoms with E-state index in [0.717, 1.165) is 0 Å². The third-order valence-electron chi connectivity index (χ3n) is 4.92. The molecule has 148 valence electrons. The Morgan fingerprint density at radius 3 is 2.15 bits per heavy atom. The zero-order valence-corrected chi connectivity index (χ0v) is 13.5. The average molecular weight is 400 g/mol. The van der Waals surface area contributed by atoms with Gasteiger partial charge in [0.1, 0.15) is 11.7 Å². The molecule has 0 N–H and O–H groups in total. The van der Waals surface area contributed by atoms with Crippen LogP contribution in [0.3, 0.4) is 0 Å². The molecule has 4 atom stereocenters. The fourth-order valence-corrected chi connectivity index (χ4v) is 3.54. The number of carbonyl (C=O) groups excluding carboxylic acids is 2. The predicted octanol–water partition coefficient (Wildman–Crippen LogP) is 3.75. The molecule has 1 aliphatic heterocycles. The Kier molecular flexibility index (Phi) is 4.59. The Hall–Kier alpha value is -2.33. The summed E-state index contributed by atoms with van der Waals surface area (Å²) >= 11 is 0. The fraction of sp³-hybridized carbons (Fsp3) is 0.500. The normalized spacial score (nSPS) is 27.5. The van der Waals surface area contributed by atoms with Gasteiger partial charge in [-0.15, -0.1) is 0 Å². The zero-order chi connectivity index (χ0) is 20.3. The second kappa shape index (κ2) is 6.38. The van der Waals surface area contributed by atoms with Gasteiger partial charge in [0, 0.05) is 6.42 Å². The molecular formula is C16H11F7O4. The van der Waals surface area contributed by atoms with Crippen molar-refractivity contribution in [3.05, 3.63) is 28.8 Å². The van der Waals surface area contributed by atoms with Gasteiger partial charge in [0.2, 0.25) is 17.4 Å². The van der Waals surface area contributed by atoms with Gasteiger partial charge in [-0.1, -0.05) is 6.92 Å². The quantitative estimate of drug-likeness (QED) is 0.328. The van der Waals surface area contributed by atoms with E-state index in [1.54, 1.807) is 6.92 Å². The van der Waals surface area contributed by atoms with Gasteiger partial charge >= 0.3 is 18.1 Å². The molecule has 2 aliphatic rings. The average Bonchev–Trinajstić information content (AvgIpc) is 2.75. The molecule has 4 unspecified atom stereocenters. The smallest absolute Gasteiger partial charge is 0.422 e. The van der Waals surface area contributed by atoms with Crippen LogP contribution in [-0.2, 0) is 20.5 Å². The molecule has 0 amide bonds. The first-order valence-corrected chi connectivity index (χ1v) is 7.77. The van der Waals surface area contributed by atoms with Crippen LogP contribution in [0.15, 0.2) is 0 Å². The van der Waals surface area contributed by atoms with Gasteiger partial charge in [0.25, 0.3) is 0 Å². The van der Waals surface area contributed by atoms with Crippen LogP contribution in [0.2, 0.25) is 0 Å². The van der Waals surface area contributed by atoms with Gasteiger partial charge in [0.15, 0.2) is 11.6 Å². The molecule has 2 fully saturated rings. The van der Waals surface area contributed by atoms with Crippen molar-refractivity contribution < 1.29 is 49.8 Å². The lowest BCUT2D eigenvalue weighted by atomic mass is 9.92. The highest BCUT2D eigenvalue weighted by atomic mass is 19.4. The molecule has 1 saturated carbocycles. The van der Waals surface area contributed by atoms with Crippen LogP contribution in [0.4, 0.5) is 30.7 Å². The maximum absolute atomic E-state index is 13.8. The Morgan fingerprint density at radius 1 is 1.07 bits per heavy atom. The van der Waals surface area contributed by atoms with E-state index in [1.165, 1.54) is 0 Å². The van der Waals surface area contributed by atoms with Crippen molar-refractivity contribution in [1.29, 1.82) is 0 Å². The predicted molar refractivity (Wildman–Crippen MR) is 72.2 cm³/mol. The van der Waals surface area contributed by atoms with Crippen molar-refractivity contribution in [2.45, 2.75) is 32.0 Å².